The summed E-state index contributed by atoms with van der Waals surface area (Å²) in [5, 5.41) is 9.09. The zero-order valence-corrected chi connectivity index (χ0v) is 14.7. The smallest absolute Gasteiger partial charge is 0.241 e. The highest BCUT2D eigenvalue weighted by atomic mass is 16.5. The molecule has 138 valence electrons. The van der Waals surface area contributed by atoms with E-state index in [1.807, 2.05) is 0 Å². The van der Waals surface area contributed by atoms with Gasteiger partial charge >= 0.3 is 0 Å². The summed E-state index contributed by atoms with van der Waals surface area (Å²) in [6, 6.07) is 8.77. The topological polar surface area (TPSA) is 103 Å². The normalized spacial score (nSPS) is 14.4. The van der Waals surface area contributed by atoms with Gasteiger partial charge in [0.15, 0.2) is 5.82 Å². The molecule has 1 saturated carbocycles. The van der Waals surface area contributed by atoms with Gasteiger partial charge in [0.2, 0.25) is 11.8 Å². The van der Waals surface area contributed by atoms with E-state index in [2.05, 4.69) is 15.8 Å². The van der Waals surface area contributed by atoms with Crippen molar-refractivity contribution in [1.82, 2.24) is 10.5 Å². The van der Waals surface area contributed by atoms with Crippen molar-refractivity contribution in [3.63, 3.8) is 0 Å². The number of anilines is 1. The van der Waals surface area contributed by atoms with Gasteiger partial charge in [0.25, 0.3) is 0 Å². The molecule has 1 aromatic heterocycles. The Morgan fingerprint density at radius 1 is 1.19 bits per heavy atom. The van der Waals surface area contributed by atoms with Crippen LogP contribution in [-0.2, 0) is 9.59 Å². The van der Waals surface area contributed by atoms with E-state index in [1.54, 1.807) is 44.4 Å². The number of nitrogens with zero attached hydrogens (tertiary/aromatic N) is 1. The number of amides is 2. The molecule has 0 radical (unpaired) electrons. The van der Waals surface area contributed by atoms with Crippen LogP contribution >= 0.6 is 0 Å². The molecule has 2 amide bonds. The third-order valence-corrected chi connectivity index (χ3v) is 4.20. The Kier molecular flexibility index (Phi) is 5.11. The van der Waals surface area contributed by atoms with Crippen LogP contribution in [0, 0.1) is 12.3 Å². The van der Waals surface area contributed by atoms with E-state index in [1.165, 1.54) is 0 Å². The highest BCUT2D eigenvalue weighted by Crippen LogP contribution is 2.46. The summed E-state index contributed by atoms with van der Waals surface area (Å²) in [5.74, 6) is 1.67. The lowest BCUT2D eigenvalue weighted by atomic mass is 10.1. The predicted molar refractivity (Wildman–Crippen MR) is 93.0 cm³/mol. The lowest BCUT2D eigenvalue weighted by Crippen LogP contribution is -2.41. The van der Waals surface area contributed by atoms with Crippen molar-refractivity contribution in [2.45, 2.75) is 19.8 Å². The first-order valence-electron chi connectivity index (χ1n) is 8.33. The Hall–Kier alpha value is -3.03. The minimum Gasteiger partial charge on any atom is -0.497 e. The first kappa shape index (κ1) is 17.8. The van der Waals surface area contributed by atoms with E-state index >= 15 is 0 Å². The molecule has 1 heterocycles. The molecule has 2 aromatic rings. The lowest BCUT2D eigenvalue weighted by Gasteiger charge is -2.14. The van der Waals surface area contributed by atoms with Crippen molar-refractivity contribution in [3.8, 4) is 11.5 Å². The molecule has 0 bridgehead atoms. The second kappa shape index (κ2) is 7.47. The molecule has 1 aliphatic carbocycles. The molecule has 2 N–H and O–H groups in total. The number of aromatic nitrogens is 1. The number of benzene rings is 1. The highest BCUT2D eigenvalue weighted by Gasteiger charge is 2.56. The zero-order valence-electron chi connectivity index (χ0n) is 14.7. The minimum absolute atomic E-state index is 0.298. The second-order valence-corrected chi connectivity index (χ2v) is 6.14. The fraction of sp³-hybridized carbons (Fsp3) is 0.389. The fourth-order valence-electron chi connectivity index (χ4n) is 2.52. The van der Waals surface area contributed by atoms with E-state index in [0.717, 1.165) is 5.75 Å². The maximum absolute atomic E-state index is 12.4. The Labute approximate surface area is 150 Å². The van der Waals surface area contributed by atoms with Gasteiger partial charge < -0.3 is 24.6 Å². The average Bonchev–Trinajstić information content (AvgIpc) is 3.37. The summed E-state index contributed by atoms with van der Waals surface area (Å²) in [6.07, 6.45) is 1.03. The van der Waals surface area contributed by atoms with E-state index in [9.17, 15) is 9.59 Å². The van der Waals surface area contributed by atoms with Crippen molar-refractivity contribution in [3.05, 3.63) is 36.1 Å². The zero-order chi connectivity index (χ0) is 18.6. The van der Waals surface area contributed by atoms with E-state index in [-0.39, 0.29) is 11.8 Å². The Morgan fingerprint density at radius 3 is 2.46 bits per heavy atom. The number of carbonyl (C=O) groups excluding carboxylic acids is 2. The van der Waals surface area contributed by atoms with E-state index in [4.69, 9.17) is 14.0 Å². The molecule has 3 rings (SSSR count). The lowest BCUT2D eigenvalue weighted by molar-refractivity contribution is -0.134. The molecule has 0 aliphatic heterocycles. The molecule has 1 fully saturated rings. The Balaban J connectivity index is 1.44. The summed E-state index contributed by atoms with van der Waals surface area (Å²) in [6.45, 7) is 2.34. The third kappa shape index (κ3) is 3.96. The third-order valence-electron chi connectivity index (χ3n) is 4.20. The highest BCUT2D eigenvalue weighted by molar-refractivity contribution is 6.12. The number of nitrogens with one attached hydrogen (secondary N) is 2. The number of methoxy groups -OCH3 is 1. The molecular weight excluding hydrogens is 338 g/mol. The summed E-state index contributed by atoms with van der Waals surface area (Å²) in [7, 11) is 1.60. The number of ether oxygens (including phenoxy) is 2. The summed E-state index contributed by atoms with van der Waals surface area (Å²) >= 11 is 0. The largest absolute Gasteiger partial charge is 0.497 e. The van der Waals surface area contributed by atoms with Crippen LogP contribution in [0.1, 0.15) is 18.6 Å². The Morgan fingerprint density at radius 2 is 1.88 bits per heavy atom. The average molecular weight is 359 g/mol. The van der Waals surface area contributed by atoms with Gasteiger partial charge in [-0.2, -0.15) is 0 Å². The number of hydrogen-bond acceptors (Lipinski definition) is 6. The molecule has 1 aliphatic rings. The minimum atomic E-state index is -1.02. The molecule has 1 aromatic carbocycles. The molecule has 0 spiro atoms. The summed E-state index contributed by atoms with van der Waals surface area (Å²) in [4.78, 5) is 24.7. The first-order valence-corrected chi connectivity index (χ1v) is 8.33. The number of hydrogen-bond donors (Lipinski definition) is 2. The predicted octanol–water partition coefficient (Wildman–Crippen LogP) is 1.91. The van der Waals surface area contributed by atoms with Crippen LogP contribution < -0.4 is 20.1 Å². The van der Waals surface area contributed by atoms with E-state index in [0.29, 0.717) is 43.3 Å². The number of carbonyl (C=O) groups is 2. The molecular formula is C18H21N3O5. The van der Waals surface area contributed by atoms with Crippen molar-refractivity contribution in [2.24, 2.45) is 5.41 Å². The molecule has 0 unspecified atom stereocenters. The van der Waals surface area contributed by atoms with Crippen LogP contribution in [0.25, 0.3) is 0 Å². The maximum atomic E-state index is 12.4. The van der Waals surface area contributed by atoms with Gasteiger partial charge in [-0.05, 0) is 44.0 Å². The summed E-state index contributed by atoms with van der Waals surface area (Å²) < 4.78 is 15.5. The second-order valence-electron chi connectivity index (χ2n) is 6.14. The number of aryl methyl sites for hydroxylation is 1. The van der Waals surface area contributed by atoms with Crippen LogP contribution in [0.15, 0.2) is 34.9 Å². The van der Waals surface area contributed by atoms with Gasteiger partial charge in [-0.25, -0.2) is 0 Å². The molecule has 0 saturated heterocycles. The van der Waals surface area contributed by atoms with Crippen LogP contribution in [0.3, 0.4) is 0 Å². The fourth-order valence-corrected chi connectivity index (χ4v) is 2.52. The monoisotopic (exact) mass is 359 g/mol. The van der Waals surface area contributed by atoms with Gasteiger partial charge in [0.1, 0.15) is 29.3 Å². The van der Waals surface area contributed by atoms with Gasteiger partial charge in [-0.1, -0.05) is 5.16 Å². The molecule has 8 nitrogen and oxygen atoms in total. The van der Waals surface area contributed by atoms with Crippen LogP contribution in [0.5, 0.6) is 11.5 Å². The molecule has 8 heteroatoms. The maximum Gasteiger partial charge on any atom is 0.241 e. The molecule has 26 heavy (non-hydrogen) atoms. The van der Waals surface area contributed by atoms with Crippen LogP contribution in [-0.4, -0.2) is 37.2 Å². The van der Waals surface area contributed by atoms with Crippen LogP contribution in [0.4, 0.5) is 5.82 Å². The quantitative estimate of drug-likeness (QED) is 0.551. The number of rotatable bonds is 8. The van der Waals surface area contributed by atoms with Gasteiger partial charge in [-0.15, -0.1) is 0 Å². The van der Waals surface area contributed by atoms with Gasteiger partial charge in [0.05, 0.1) is 13.7 Å². The Bertz CT molecular complexity index is 780. The van der Waals surface area contributed by atoms with Crippen molar-refractivity contribution in [1.29, 1.82) is 0 Å². The molecule has 0 atom stereocenters. The standard InChI is InChI=1S/C18H21N3O5/c1-12-11-15(21-26-12)20-17(23)18(7-8-18)16(22)19-9-10-25-14-5-3-13(24-2)4-6-14/h3-6,11H,7-10H2,1-2H3,(H,19,22)(H,20,21,23). The van der Waals surface area contributed by atoms with Crippen molar-refractivity contribution in [2.75, 3.05) is 25.6 Å². The first-order chi connectivity index (χ1) is 12.5. The van der Waals surface area contributed by atoms with Crippen LogP contribution in [0.2, 0.25) is 0 Å². The summed E-state index contributed by atoms with van der Waals surface area (Å²) in [5.41, 5.74) is -1.02. The van der Waals surface area contributed by atoms with Crippen molar-refractivity contribution >= 4 is 17.6 Å². The van der Waals surface area contributed by atoms with Gasteiger partial charge in [-0.3, -0.25) is 9.59 Å². The van der Waals surface area contributed by atoms with Crippen molar-refractivity contribution < 1.29 is 23.6 Å². The van der Waals surface area contributed by atoms with Gasteiger partial charge in [0, 0.05) is 6.07 Å². The SMILES string of the molecule is COc1ccc(OCCNC(=O)C2(C(=O)Nc3cc(C)on3)CC2)cc1. The van der Waals surface area contributed by atoms with E-state index < -0.39 is 5.41 Å².